The summed E-state index contributed by atoms with van der Waals surface area (Å²) in [5.74, 6) is 0.230. The van der Waals surface area contributed by atoms with Gasteiger partial charge in [0.1, 0.15) is 5.82 Å². The van der Waals surface area contributed by atoms with Gasteiger partial charge in [-0.15, -0.1) is 11.6 Å². The van der Waals surface area contributed by atoms with Crippen molar-refractivity contribution in [1.29, 1.82) is 0 Å². The Morgan fingerprint density at radius 3 is 2.25 bits per heavy atom. The Bertz CT molecular complexity index is 563. The first kappa shape index (κ1) is 15.6. The molecule has 0 heterocycles. The van der Waals surface area contributed by atoms with Gasteiger partial charge in [-0.3, -0.25) is 0 Å². The minimum Gasteiger partial charge on any atom is -0.207 e. The third-order valence-electron chi connectivity index (χ3n) is 3.24. The highest BCUT2D eigenvalue weighted by atomic mass is 35.5. The molecule has 0 fully saturated rings. The fourth-order valence-corrected chi connectivity index (χ4v) is 2.84. The molecule has 1 unspecified atom stereocenters. The third-order valence-corrected chi connectivity index (χ3v) is 4.40. The van der Waals surface area contributed by atoms with Gasteiger partial charge in [-0.25, -0.2) is 4.39 Å². The molecule has 2 aromatic carbocycles. The molecule has 20 heavy (non-hydrogen) atoms. The molecule has 0 N–H and O–H groups in total. The monoisotopic (exact) mass is 330 g/mol. The van der Waals surface area contributed by atoms with Crippen LogP contribution >= 0.6 is 34.8 Å². The standard InChI is InChI=1S/C16H14Cl3F/c17-10-11(8-12-4-1-2-5-14(12)18)9-13-15(19)6-3-7-16(13)20/h1-7,11H,8-10H2. The zero-order valence-electron chi connectivity index (χ0n) is 10.8. The highest BCUT2D eigenvalue weighted by Gasteiger charge is 2.16. The molecule has 0 aliphatic carbocycles. The molecule has 0 radical (unpaired) electrons. The van der Waals surface area contributed by atoms with E-state index in [0.717, 1.165) is 5.56 Å². The predicted molar refractivity (Wildman–Crippen MR) is 84.5 cm³/mol. The summed E-state index contributed by atoms with van der Waals surface area (Å²) in [7, 11) is 0. The number of alkyl halides is 1. The molecule has 0 bridgehead atoms. The van der Waals surface area contributed by atoms with Crippen molar-refractivity contribution in [2.45, 2.75) is 12.8 Å². The number of halogens is 4. The topological polar surface area (TPSA) is 0 Å². The maximum Gasteiger partial charge on any atom is 0.127 e. The predicted octanol–water partition coefficient (Wildman–Crippen LogP) is 5.77. The molecule has 106 valence electrons. The number of benzene rings is 2. The normalized spacial score (nSPS) is 12.4. The second-order valence-corrected chi connectivity index (χ2v) is 5.84. The van der Waals surface area contributed by atoms with Crippen LogP contribution in [-0.2, 0) is 12.8 Å². The van der Waals surface area contributed by atoms with Crippen molar-refractivity contribution in [3.63, 3.8) is 0 Å². The lowest BCUT2D eigenvalue weighted by atomic mass is 9.94. The minimum absolute atomic E-state index is 0.0889. The van der Waals surface area contributed by atoms with Gasteiger partial charge < -0.3 is 0 Å². The summed E-state index contributed by atoms with van der Waals surface area (Å²) in [6, 6.07) is 12.3. The van der Waals surface area contributed by atoms with Crippen molar-refractivity contribution in [2.24, 2.45) is 5.92 Å². The molecule has 2 aromatic rings. The van der Waals surface area contributed by atoms with Crippen molar-refractivity contribution in [3.8, 4) is 0 Å². The number of hydrogen-bond donors (Lipinski definition) is 0. The summed E-state index contributed by atoms with van der Waals surface area (Å²) in [6.07, 6.45) is 1.20. The molecule has 0 aliphatic rings. The van der Waals surface area contributed by atoms with E-state index in [4.69, 9.17) is 34.8 Å². The quantitative estimate of drug-likeness (QED) is 0.610. The molecular formula is C16H14Cl3F. The molecule has 0 saturated carbocycles. The van der Waals surface area contributed by atoms with Gasteiger partial charge in [0.15, 0.2) is 0 Å². The highest BCUT2D eigenvalue weighted by Crippen LogP contribution is 2.26. The smallest absolute Gasteiger partial charge is 0.127 e. The molecule has 1 atom stereocenters. The van der Waals surface area contributed by atoms with Crippen molar-refractivity contribution >= 4 is 34.8 Å². The Morgan fingerprint density at radius 1 is 0.900 bits per heavy atom. The summed E-state index contributed by atoms with van der Waals surface area (Å²) in [5, 5.41) is 1.15. The zero-order valence-corrected chi connectivity index (χ0v) is 13.0. The lowest BCUT2D eigenvalue weighted by Gasteiger charge is -2.16. The maximum absolute atomic E-state index is 13.8. The molecule has 2 rings (SSSR count). The van der Waals surface area contributed by atoms with E-state index in [1.165, 1.54) is 6.07 Å². The van der Waals surface area contributed by atoms with Crippen LogP contribution in [0.5, 0.6) is 0 Å². The van der Waals surface area contributed by atoms with Gasteiger partial charge in [-0.05, 0) is 42.5 Å². The average Bonchev–Trinajstić information content (AvgIpc) is 2.44. The van der Waals surface area contributed by atoms with E-state index >= 15 is 0 Å². The Balaban J connectivity index is 2.16. The minimum atomic E-state index is -0.285. The van der Waals surface area contributed by atoms with Gasteiger partial charge in [0.2, 0.25) is 0 Å². The van der Waals surface area contributed by atoms with Gasteiger partial charge in [-0.2, -0.15) is 0 Å². The van der Waals surface area contributed by atoms with Crippen molar-refractivity contribution in [3.05, 3.63) is 69.5 Å². The van der Waals surface area contributed by atoms with Gasteiger partial charge in [0.25, 0.3) is 0 Å². The molecular weight excluding hydrogens is 318 g/mol. The van der Waals surface area contributed by atoms with Crippen LogP contribution < -0.4 is 0 Å². The molecule has 4 heteroatoms. The maximum atomic E-state index is 13.8. The Hall–Kier alpha value is -0.760. The fourth-order valence-electron chi connectivity index (χ4n) is 2.17. The van der Waals surface area contributed by atoms with Crippen LogP contribution in [0, 0.1) is 11.7 Å². The summed E-state index contributed by atoms with van der Waals surface area (Å²) in [4.78, 5) is 0. The van der Waals surface area contributed by atoms with Crippen LogP contribution in [0.2, 0.25) is 10.0 Å². The first-order valence-corrected chi connectivity index (χ1v) is 7.63. The second kappa shape index (κ2) is 7.31. The van der Waals surface area contributed by atoms with E-state index in [1.54, 1.807) is 12.1 Å². The van der Waals surface area contributed by atoms with Gasteiger partial charge in [-0.1, -0.05) is 47.5 Å². The van der Waals surface area contributed by atoms with E-state index < -0.39 is 0 Å². The van der Waals surface area contributed by atoms with Gasteiger partial charge >= 0.3 is 0 Å². The van der Waals surface area contributed by atoms with Gasteiger partial charge in [0, 0.05) is 21.5 Å². The first-order chi connectivity index (χ1) is 9.61. The molecule has 0 nitrogen and oxygen atoms in total. The lowest BCUT2D eigenvalue weighted by Crippen LogP contribution is -2.12. The fraction of sp³-hybridized carbons (Fsp3) is 0.250. The first-order valence-electron chi connectivity index (χ1n) is 6.34. The Morgan fingerprint density at radius 2 is 1.60 bits per heavy atom. The van der Waals surface area contributed by atoms with Crippen molar-refractivity contribution in [1.82, 2.24) is 0 Å². The molecule has 0 saturated heterocycles. The third kappa shape index (κ3) is 3.88. The highest BCUT2D eigenvalue weighted by molar-refractivity contribution is 6.31. The van der Waals surface area contributed by atoms with Crippen LogP contribution in [0.4, 0.5) is 4.39 Å². The molecule has 0 spiro atoms. The average molecular weight is 332 g/mol. The van der Waals surface area contributed by atoms with Gasteiger partial charge in [0.05, 0.1) is 0 Å². The number of rotatable bonds is 5. The summed E-state index contributed by atoms with van der Waals surface area (Å²) in [6.45, 7) is 0. The van der Waals surface area contributed by atoms with Crippen molar-refractivity contribution in [2.75, 3.05) is 5.88 Å². The van der Waals surface area contributed by atoms with Crippen LogP contribution in [0.3, 0.4) is 0 Å². The summed E-state index contributed by atoms with van der Waals surface area (Å²) < 4.78 is 13.8. The largest absolute Gasteiger partial charge is 0.207 e. The van der Waals surface area contributed by atoms with E-state index in [2.05, 4.69) is 0 Å². The molecule has 0 amide bonds. The Labute approximate surface area is 133 Å². The lowest BCUT2D eigenvalue weighted by molar-refractivity contribution is 0.546. The van der Waals surface area contributed by atoms with Crippen LogP contribution in [0.1, 0.15) is 11.1 Å². The SMILES string of the molecule is Fc1cccc(Cl)c1CC(CCl)Cc1ccccc1Cl. The van der Waals surface area contributed by atoms with Crippen molar-refractivity contribution < 1.29 is 4.39 Å². The van der Waals surface area contributed by atoms with E-state index in [9.17, 15) is 4.39 Å². The molecule has 0 aliphatic heterocycles. The van der Waals surface area contributed by atoms with Crippen LogP contribution in [-0.4, -0.2) is 5.88 Å². The van der Waals surface area contributed by atoms with E-state index in [1.807, 2.05) is 24.3 Å². The summed E-state index contributed by atoms with van der Waals surface area (Å²) in [5.41, 5.74) is 1.54. The Kier molecular flexibility index (Phi) is 5.71. The molecule has 0 aromatic heterocycles. The van der Waals surface area contributed by atoms with Crippen LogP contribution in [0.25, 0.3) is 0 Å². The van der Waals surface area contributed by atoms with E-state index in [-0.39, 0.29) is 11.7 Å². The second-order valence-electron chi connectivity index (χ2n) is 4.72. The van der Waals surface area contributed by atoms with Crippen LogP contribution in [0.15, 0.2) is 42.5 Å². The number of hydrogen-bond acceptors (Lipinski definition) is 0. The van der Waals surface area contributed by atoms with E-state index in [0.29, 0.717) is 34.3 Å². The summed E-state index contributed by atoms with van der Waals surface area (Å²) >= 11 is 18.2. The zero-order chi connectivity index (χ0) is 14.5.